The lowest BCUT2D eigenvalue weighted by Crippen LogP contribution is -2.48. The summed E-state index contributed by atoms with van der Waals surface area (Å²) in [5.74, 6) is 0.587. The summed E-state index contributed by atoms with van der Waals surface area (Å²) in [5, 5.41) is 3.97. The lowest BCUT2D eigenvalue weighted by atomic mass is 10.1. The number of anilines is 1. The molecule has 1 aliphatic rings. The normalized spacial score (nSPS) is 14.5. The third-order valence-electron chi connectivity index (χ3n) is 5.37. The molecule has 30 heavy (non-hydrogen) atoms. The molecule has 1 aliphatic heterocycles. The summed E-state index contributed by atoms with van der Waals surface area (Å²) < 4.78 is 10.2. The molecule has 1 aromatic heterocycles. The first kappa shape index (κ1) is 22.1. The summed E-state index contributed by atoms with van der Waals surface area (Å²) in [6.07, 6.45) is -0.243. The van der Waals surface area contributed by atoms with Crippen LogP contribution in [0, 0.1) is 13.8 Å². The Bertz CT molecular complexity index is 887. The summed E-state index contributed by atoms with van der Waals surface area (Å²) in [7, 11) is 1.60. The van der Waals surface area contributed by atoms with Gasteiger partial charge < -0.3 is 19.7 Å². The van der Waals surface area contributed by atoms with Crippen LogP contribution in [0.1, 0.15) is 33.3 Å². The van der Waals surface area contributed by atoms with Crippen molar-refractivity contribution < 1.29 is 19.1 Å². The van der Waals surface area contributed by atoms with E-state index in [1.165, 1.54) is 10.4 Å². The van der Waals surface area contributed by atoms with E-state index in [9.17, 15) is 9.59 Å². The third kappa shape index (κ3) is 5.12. The number of ether oxygens (including phenoxy) is 2. The van der Waals surface area contributed by atoms with Gasteiger partial charge in [-0.25, -0.2) is 4.79 Å². The number of aryl methyl sites for hydroxylation is 1. The molecule has 0 spiro atoms. The number of amides is 2. The summed E-state index contributed by atoms with van der Waals surface area (Å²) >= 11 is 1.60. The number of methoxy groups -OCH3 is 1. The predicted octanol–water partition coefficient (Wildman–Crippen LogP) is 3.90. The van der Waals surface area contributed by atoms with Crippen molar-refractivity contribution >= 4 is 28.3 Å². The molecule has 8 heteroatoms. The van der Waals surface area contributed by atoms with Crippen LogP contribution < -0.4 is 10.1 Å². The van der Waals surface area contributed by atoms with Crippen molar-refractivity contribution in [2.45, 2.75) is 27.3 Å². The van der Waals surface area contributed by atoms with E-state index in [2.05, 4.69) is 24.1 Å². The third-order valence-corrected chi connectivity index (χ3v) is 6.53. The number of carbonyl (C=O) groups is 2. The second kappa shape index (κ2) is 9.95. The molecule has 1 saturated heterocycles. The van der Waals surface area contributed by atoms with E-state index in [0.717, 1.165) is 35.9 Å². The van der Waals surface area contributed by atoms with Crippen molar-refractivity contribution in [1.29, 1.82) is 0 Å². The number of benzene rings is 1. The SMILES string of the molecule is CCOC(=O)N1CCN(Cc2c(NC(=O)c3ccc(OC)cc3)sc(C)c2C)CC1. The van der Waals surface area contributed by atoms with E-state index in [1.807, 2.05) is 6.92 Å². The van der Waals surface area contributed by atoms with Crippen LogP contribution >= 0.6 is 11.3 Å². The molecule has 2 heterocycles. The number of hydrogen-bond acceptors (Lipinski definition) is 6. The van der Waals surface area contributed by atoms with E-state index in [4.69, 9.17) is 9.47 Å². The molecule has 0 radical (unpaired) electrons. The molecule has 162 valence electrons. The first-order valence-electron chi connectivity index (χ1n) is 10.1. The van der Waals surface area contributed by atoms with Crippen molar-refractivity contribution in [3.8, 4) is 5.75 Å². The van der Waals surface area contributed by atoms with Gasteiger partial charge in [-0.05, 0) is 50.6 Å². The molecule has 1 fully saturated rings. The second-order valence-electron chi connectivity index (χ2n) is 7.24. The number of hydrogen-bond donors (Lipinski definition) is 1. The summed E-state index contributed by atoms with van der Waals surface area (Å²) in [5.41, 5.74) is 2.94. The Labute approximate surface area is 181 Å². The highest BCUT2D eigenvalue weighted by Gasteiger charge is 2.24. The minimum Gasteiger partial charge on any atom is -0.497 e. The molecule has 2 amide bonds. The molecular weight excluding hydrogens is 402 g/mol. The van der Waals surface area contributed by atoms with Gasteiger partial charge in [-0.3, -0.25) is 9.69 Å². The number of carbonyl (C=O) groups excluding carboxylic acids is 2. The Morgan fingerprint density at radius 1 is 1.10 bits per heavy atom. The van der Waals surface area contributed by atoms with Crippen LogP contribution in [0.5, 0.6) is 5.75 Å². The highest BCUT2D eigenvalue weighted by atomic mass is 32.1. The molecule has 1 N–H and O–H groups in total. The largest absolute Gasteiger partial charge is 0.497 e. The molecule has 0 bridgehead atoms. The highest BCUT2D eigenvalue weighted by Crippen LogP contribution is 2.34. The van der Waals surface area contributed by atoms with Gasteiger partial charge >= 0.3 is 6.09 Å². The minimum atomic E-state index is -0.243. The van der Waals surface area contributed by atoms with Gasteiger partial charge in [-0.1, -0.05) is 0 Å². The number of nitrogens with one attached hydrogen (secondary N) is 1. The molecule has 2 aromatic rings. The van der Waals surface area contributed by atoms with Gasteiger partial charge in [0.1, 0.15) is 10.8 Å². The first-order chi connectivity index (χ1) is 14.4. The van der Waals surface area contributed by atoms with Crippen LogP contribution in [0.4, 0.5) is 9.80 Å². The fraction of sp³-hybridized carbons (Fsp3) is 0.455. The fourth-order valence-corrected chi connectivity index (χ4v) is 4.48. The zero-order valence-electron chi connectivity index (χ0n) is 18.0. The van der Waals surface area contributed by atoms with E-state index >= 15 is 0 Å². The molecule has 0 saturated carbocycles. The fourth-order valence-electron chi connectivity index (χ4n) is 3.41. The van der Waals surface area contributed by atoms with Crippen LogP contribution in [-0.4, -0.2) is 61.7 Å². The van der Waals surface area contributed by atoms with Gasteiger partial charge in [0.05, 0.1) is 13.7 Å². The zero-order valence-corrected chi connectivity index (χ0v) is 18.8. The number of nitrogens with zero attached hydrogens (tertiary/aromatic N) is 2. The summed E-state index contributed by atoms with van der Waals surface area (Å²) in [4.78, 5) is 29.9. The van der Waals surface area contributed by atoms with Crippen molar-refractivity contribution in [3.63, 3.8) is 0 Å². The molecule has 0 atom stereocenters. The quantitative estimate of drug-likeness (QED) is 0.751. The molecule has 1 aromatic carbocycles. The first-order valence-corrected chi connectivity index (χ1v) is 10.9. The van der Waals surface area contributed by atoms with E-state index < -0.39 is 0 Å². The van der Waals surface area contributed by atoms with Gasteiger partial charge in [0, 0.05) is 48.7 Å². The molecule has 3 rings (SSSR count). The predicted molar refractivity (Wildman–Crippen MR) is 119 cm³/mol. The van der Waals surface area contributed by atoms with Gasteiger partial charge in [0.2, 0.25) is 0 Å². The van der Waals surface area contributed by atoms with Gasteiger partial charge in [0.25, 0.3) is 5.91 Å². The van der Waals surface area contributed by atoms with Crippen LogP contribution in [0.15, 0.2) is 24.3 Å². The monoisotopic (exact) mass is 431 g/mol. The standard InChI is InChI=1S/C22H29N3O4S/c1-5-29-22(27)25-12-10-24(11-13-25)14-19-15(2)16(3)30-21(19)23-20(26)17-6-8-18(28-4)9-7-17/h6-9H,5,10-14H2,1-4H3,(H,23,26). The number of thiophene rings is 1. The van der Waals surface area contributed by atoms with E-state index in [0.29, 0.717) is 25.3 Å². The Hall–Kier alpha value is -2.58. The molecule has 0 aliphatic carbocycles. The van der Waals surface area contributed by atoms with Crippen LogP contribution in [-0.2, 0) is 11.3 Å². The minimum absolute atomic E-state index is 0.132. The zero-order chi connectivity index (χ0) is 21.7. The van der Waals surface area contributed by atoms with Crippen molar-refractivity contribution in [3.05, 3.63) is 45.8 Å². The maximum Gasteiger partial charge on any atom is 0.409 e. The van der Waals surface area contributed by atoms with Crippen molar-refractivity contribution in [2.24, 2.45) is 0 Å². The molecular formula is C22H29N3O4S. The number of rotatable bonds is 6. The van der Waals surface area contributed by atoms with E-state index in [-0.39, 0.29) is 12.0 Å². The maximum atomic E-state index is 12.7. The van der Waals surface area contributed by atoms with E-state index in [1.54, 1.807) is 47.6 Å². The smallest absolute Gasteiger partial charge is 0.409 e. The molecule has 0 unspecified atom stereocenters. The van der Waals surface area contributed by atoms with Crippen LogP contribution in [0.3, 0.4) is 0 Å². The van der Waals surface area contributed by atoms with Crippen molar-refractivity contribution in [2.75, 3.05) is 45.2 Å². The van der Waals surface area contributed by atoms with Crippen LogP contribution in [0.25, 0.3) is 0 Å². The molecule has 7 nitrogen and oxygen atoms in total. The Balaban J connectivity index is 1.66. The van der Waals surface area contributed by atoms with Crippen molar-refractivity contribution in [1.82, 2.24) is 9.80 Å². The summed E-state index contributed by atoms with van der Waals surface area (Å²) in [6.45, 7) is 9.97. The number of piperazine rings is 1. The average molecular weight is 432 g/mol. The topological polar surface area (TPSA) is 71.1 Å². The maximum absolute atomic E-state index is 12.7. The lowest BCUT2D eigenvalue weighted by molar-refractivity contribution is 0.0778. The lowest BCUT2D eigenvalue weighted by Gasteiger charge is -2.34. The second-order valence-corrected chi connectivity index (χ2v) is 8.46. The highest BCUT2D eigenvalue weighted by molar-refractivity contribution is 7.16. The Morgan fingerprint density at radius 3 is 2.37 bits per heavy atom. The van der Waals surface area contributed by atoms with Crippen LogP contribution in [0.2, 0.25) is 0 Å². The Kier molecular flexibility index (Phi) is 7.33. The average Bonchev–Trinajstić information content (AvgIpc) is 3.01. The van der Waals surface area contributed by atoms with Gasteiger partial charge in [-0.2, -0.15) is 0 Å². The van der Waals surface area contributed by atoms with Gasteiger partial charge in [0.15, 0.2) is 0 Å². The summed E-state index contributed by atoms with van der Waals surface area (Å²) in [6, 6.07) is 7.08. The van der Waals surface area contributed by atoms with Gasteiger partial charge in [-0.15, -0.1) is 11.3 Å². The Morgan fingerprint density at radius 2 is 1.77 bits per heavy atom.